The predicted octanol–water partition coefficient (Wildman–Crippen LogP) is 4.58. The second-order valence-corrected chi connectivity index (χ2v) is 6.72. The lowest BCUT2D eigenvalue weighted by Gasteiger charge is -2.15. The van der Waals surface area contributed by atoms with E-state index in [1.54, 1.807) is 11.3 Å². The van der Waals surface area contributed by atoms with Crippen molar-refractivity contribution in [3.8, 4) is 0 Å². The molecule has 3 aromatic rings. The molecule has 0 radical (unpaired) electrons. The van der Waals surface area contributed by atoms with Gasteiger partial charge in [-0.1, -0.05) is 56.3 Å². The number of hydrogen-bond donors (Lipinski definition) is 2. The Bertz CT molecular complexity index is 695. The van der Waals surface area contributed by atoms with Gasteiger partial charge in [-0.15, -0.1) is 11.3 Å². The molecule has 1 unspecified atom stereocenters. The summed E-state index contributed by atoms with van der Waals surface area (Å²) in [5.41, 5.74) is 5.51. The summed E-state index contributed by atoms with van der Waals surface area (Å²) < 4.78 is 1.30. The van der Waals surface area contributed by atoms with E-state index in [4.69, 9.17) is 5.84 Å². The summed E-state index contributed by atoms with van der Waals surface area (Å²) in [6.45, 7) is 4.42. The smallest absolute Gasteiger partial charge is 0.0802 e. The van der Waals surface area contributed by atoms with Gasteiger partial charge in [0.15, 0.2) is 0 Å². The van der Waals surface area contributed by atoms with Crippen LogP contribution in [0, 0.1) is 0 Å². The molecule has 0 saturated heterocycles. The zero-order valence-electron chi connectivity index (χ0n) is 12.3. The van der Waals surface area contributed by atoms with Crippen LogP contribution in [0.4, 0.5) is 0 Å². The molecule has 1 aromatic heterocycles. The van der Waals surface area contributed by atoms with Crippen LogP contribution in [0.1, 0.15) is 41.8 Å². The number of thiophene rings is 1. The van der Waals surface area contributed by atoms with Gasteiger partial charge in [-0.3, -0.25) is 5.84 Å². The molecule has 2 nitrogen and oxygen atoms in total. The standard InChI is InChI=1S/C18H20N2S/c1-12(2)13-7-9-14(10-8-13)18(20-19)17-11-15-5-3-4-6-16(15)21-17/h3-12,18,20H,19H2,1-2H3. The van der Waals surface area contributed by atoms with Gasteiger partial charge in [-0.2, -0.15) is 0 Å². The number of benzene rings is 2. The maximum Gasteiger partial charge on any atom is 0.0802 e. The SMILES string of the molecule is CC(C)c1ccc(C(NN)c2cc3ccccc3s2)cc1. The zero-order chi connectivity index (χ0) is 14.8. The van der Waals surface area contributed by atoms with E-state index in [0.29, 0.717) is 5.92 Å². The average molecular weight is 296 g/mol. The van der Waals surface area contributed by atoms with Crippen LogP contribution in [0.15, 0.2) is 54.6 Å². The molecule has 0 aliphatic rings. The Kier molecular flexibility index (Phi) is 4.06. The van der Waals surface area contributed by atoms with Crippen molar-refractivity contribution < 1.29 is 0 Å². The molecule has 0 fully saturated rings. The van der Waals surface area contributed by atoms with Crippen LogP contribution in [0.3, 0.4) is 0 Å². The van der Waals surface area contributed by atoms with E-state index >= 15 is 0 Å². The molecule has 2 aromatic carbocycles. The second kappa shape index (κ2) is 5.98. The van der Waals surface area contributed by atoms with Crippen LogP contribution in [0.5, 0.6) is 0 Å². The van der Waals surface area contributed by atoms with Gasteiger partial charge in [0.25, 0.3) is 0 Å². The summed E-state index contributed by atoms with van der Waals surface area (Å²) in [6.07, 6.45) is 0. The van der Waals surface area contributed by atoms with E-state index in [1.165, 1.54) is 26.1 Å². The summed E-state index contributed by atoms with van der Waals surface area (Å²) in [5, 5.41) is 1.27. The topological polar surface area (TPSA) is 38.0 Å². The van der Waals surface area contributed by atoms with E-state index in [0.717, 1.165) is 0 Å². The average Bonchev–Trinajstić information content (AvgIpc) is 2.92. The first-order valence-corrected chi connectivity index (χ1v) is 8.05. The third kappa shape index (κ3) is 2.86. The zero-order valence-corrected chi connectivity index (χ0v) is 13.2. The molecule has 1 atom stereocenters. The van der Waals surface area contributed by atoms with Crippen molar-refractivity contribution in [2.24, 2.45) is 5.84 Å². The summed E-state index contributed by atoms with van der Waals surface area (Å²) in [5.74, 6) is 6.36. The molecule has 3 N–H and O–H groups in total. The van der Waals surface area contributed by atoms with Crippen molar-refractivity contribution in [2.75, 3.05) is 0 Å². The second-order valence-electron chi connectivity index (χ2n) is 5.61. The first-order valence-electron chi connectivity index (χ1n) is 7.23. The molecule has 0 aliphatic heterocycles. The van der Waals surface area contributed by atoms with Crippen LogP contribution in [-0.4, -0.2) is 0 Å². The molecule has 21 heavy (non-hydrogen) atoms. The minimum Gasteiger partial charge on any atom is -0.271 e. The van der Waals surface area contributed by atoms with Gasteiger partial charge in [0, 0.05) is 9.58 Å². The Hall–Kier alpha value is -1.68. The number of nitrogens with two attached hydrogens (primary N) is 1. The molecule has 108 valence electrons. The van der Waals surface area contributed by atoms with Gasteiger partial charge in [0.2, 0.25) is 0 Å². The minimum absolute atomic E-state index is 0.0450. The first kappa shape index (κ1) is 14.3. The van der Waals surface area contributed by atoms with Crippen LogP contribution in [-0.2, 0) is 0 Å². The molecule has 3 rings (SSSR count). The fraction of sp³-hybridized carbons (Fsp3) is 0.222. The predicted molar refractivity (Wildman–Crippen MR) is 91.5 cm³/mol. The number of nitrogens with one attached hydrogen (secondary N) is 1. The van der Waals surface area contributed by atoms with E-state index in [2.05, 4.69) is 73.9 Å². The summed E-state index contributed by atoms with van der Waals surface area (Å²) >= 11 is 1.79. The Morgan fingerprint density at radius 2 is 1.62 bits per heavy atom. The van der Waals surface area contributed by atoms with Gasteiger partial charge in [0.05, 0.1) is 6.04 Å². The summed E-state index contributed by atoms with van der Waals surface area (Å²) in [7, 11) is 0. The molecular formula is C18H20N2S. The van der Waals surface area contributed by atoms with Crippen molar-refractivity contribution >= 4 is 21.4 Å². The lowest BCUT2D eigenvalue weighted by molar-refractivity contribution is 0.646. The molecular weight excluding hydrogens is 276 g/mol. The fourth-order valence-corrected chi connectivity index (χ4v) is 3.71. The van der Waals surface area contributed by atoms with Gasteiger partial charge < -0.3 is 0 Å². The number of rotatable bonds is 4. The van der Waals surface area contributed by atoms with Gasteiger partial charge in [0.1, 0.15) is 0 Å². The highest BCUT2D eigenvalue weighted by atomic mass is 32.1. The Balaban J connectivity index is 1.97. The van der Waals surface area contributed by atoms with Crippen LogP contribution >= 0.6 is 11.3 Å². The highest BCUT2D eigenvalue weighted by molar-refractivity contribution is 7.19. The van der Waals surface area contributed by atoms with Gasteiger partial charge >= 0.3 is 0 Å². The molecule has 0 saturated carbocycles. The summed E-state index contributed by atoms with van der Waals surface area (Å²) in [4.78, 5) is 1.25. The van der Waals surface area contributed by atoms with Crippen LogP contribution in [0.2, 0.25) is 0 Å². The monoisotopic (exact) mass is 296 g/mol. The maximum absolute atomic E-state index is 5.81. The molecule has 0 aliphatic carbocycles. The van der Waals surface area contributed by atoms with Crippen molar-refractivity contribution in [2.45, 2.75) is 25.8 Å². The van der Waals surface area contributed by atoms with Crippen molar-refractivity contribution in [3.63, 3.8) is 0 Å². The Morgan fingerprint density at radius 3 is 2.24 bits per heavy atom. The summed E-state index contributed by atoms with van der Waals surface area (Å²) in [6, 6.07) is 19.4. The van der Waals surface area contributed by atoms with Crippen molar-refractivity contribution in [1.29, 1.82) is 0 Å². The molecule has 3 heteroatoms. The van der Waals surface area contributed by atoms with E-state index in [1.807, 2.05) is 0 Å². The minimum atomic E-state index is 0.0450. The van der Waals surface area contributed by atoms with Crippen molar-refractivity contribution in [1.82, 2.24) is 5.43 Å². The molecule has 0 amide bonds. The van der Waals surface area contributed by atoms with Crippen LogP contribution in [0.25, 0.3) is 10.1 Å². The highest BCUT2D eigenvalue weighted by Crippen LogP contribution is 2.33. The van der Waals surface area contributed by atoms with Crippen molar-refractivity contribution in [3.05, 3.63) is 70.6 Å². The third-order valence-corrected chi connectivity index (χ3v) is 5.01. The van der Waals surface area contributed by atoms with E-state index < -0.39 is 0 Å². The lowest BCUT2D eigenvalue weighted by atomic mass is 9.98. The Morgan fingerprint density at radius 1 is 0.952 bits per heavy atom. The lowest BCUT2D eigenvalue weighted by Crippen LogP contribution is -2.28. The fourth-order valence-electron chi connectivity index (χ4n) is 2.56. The van der Waals surface area contributed by atoms with Gasteiger partial charge in [-0.25, -0.2) is 5.43 Å². The highest BCUT2D eigenvalue weighted by Gasteiger charge is 2.15. The molecule has 0 bridgehead atoms. The number of hydrogen-bond acceptors (Lipinski definition) is 3. The van der Waals surface area contributed by atoms with Crippen LogP contribution < -0.4 is 11.3 Å². The molecule has 0 spiro atoms. The third-order valence-electron chi connectivity index (χ3n) is 3.83. The molecule has 1 heterocycles. The normalized spacial score (nSPS) is 13.0. The first-order chi connectivity index (χ1) is 10.2. The number of hydrazine groups is 1. The largest absolute Gasteiger partial charge is 0.271 e. The maximum atomic E-state index is 5.81. The van der Waals surface area contributed by atoms with E-state index in [-0.39, 0.29) is 6.04 Å². The Labute approximate surface area is 129 Å². The number of fused-ring (bicyclic) bond motifs is 1. The van der Waals surface area contributed by atoms with Gasteiger partial charge in [-0.05, 0) is 34.6 Å². The van der Waals surface area contributed by atoms with E-state index in [9.17, 15) is 0 Å². The quantitative estimate of drug-likeness (QED) is 0.546.